The van der Waals surface area contributed by atoms with E-state index in [9.17, 15) is 8.42 Å². The van der Waals surface area contributed by atoms with Gasteiger partial charge in [0.2, 0.25) is 0 Å². The molecule has 1 unspecified atom stereocenters. The van der Waals surface area contributed by atoms with Crippen LogP contribution in [0, 0.1) is 5.41 Å². The van der Waals surface area contributed by atoms with E-state index in [2.05, 4.69) is 57.8 Å². The first kappa shape index (κ1) is 18.4. The lowest BCUT2D eigenvalue weighted by atomic mass is 9.86. The van der Waals surface area contributed by atoms with Crippen LogP contribution in [-0.4, -0.2) is 25.1 Å². The average Bonchev–Trinajstić information content (AvgIpc) is 2.70. The fraction of sp³-hybridized carbons (Fsp3) is 0.562. The van der Waals surface area contributed by atoms with Gasteiger partial charge in [0, 0.05) is 6.26 Å². The molecule has 1 heterocycles. The van der Waals surface area contributed by atoms with Crippen molar-refractivity contribution >= 4 is 20.9 Å². The summed E-state index contributed by atoms with van der Waals surface area (Å²) >= 11 is 0. The molecule has 1 aromatic heterocycles. The largest absolute Gasteiger partial charge is 0.366 e. The molecule has 1 aromatic carbocycles. The molecule has 24 heavy (non-hydrogen) atoms. The SMILES string of the molecule is Cn1c(C(N=N[N-]CS(C)(=O)=O)C(C)(C)C)[n+](C)c2ccccc21. The van der Waals surface area contributed by atoms with Crippen molar-refractivity contribution < 1.29 is 13.0 Å². The molecule has 0 saturated heterocycles. The van der Waals surface area contributed by atoms with E-state index in [1.807, 2.05) is 26.2 Å². The van der Waals surface area contributed by atoms with Crippen LogP contribution in [0.3, 0.4) is 0 Å². The monoisotopic (exact) mass is 351 g/mol. The summed E-state index contributed by atoms with van der Waals surface area (Å²) in [6.45, 7) is 6.22. The number of benzene rings is 1. The lowest BCUT2D eigenvalue weighted by molar-refractivity contribution is -0.656. The topological polar surface area (TPSA) is 81.8 Å². The second kappa shape index (κ2) is 6.51. The minimum atomic E-state index is -3.19. The van der Waals surface area contributed by atoms with Gasteiger partial charge in [-0.2, -0.15) is 0 Å². The van der Waals surface area contributed by atoms with Gasteiger partial charge in [0.15, 0.2) is 11.0 Å². The third-order valence-corrected chi connectivity index (χ3v) is 4.46. The molecule has 0 aliphatic heterocycles. The predicted octanol–water partition coefficient (Wildman–Crippen LogP) is 2.83. The summed E-state index contributed by atoms with van der Waals surface area (Å²) in [6, 6.07) is 7.86. The number of sulfone groups is 1. The number of hydrogen-bond donors (Lipinski definition) is 0. The number of nitrogens with zero attached hydrogens (tertiary/aromatic N) is 5. The van der Waals surface area contributed by atoms with Gasteiger partial charge in [0.1, 0.15) is 9.84 Å². The Morgan fingerprint density at radius 1 is 1.29 bits per heavy atom. The highest BCUT2D eigenvalue weighted by molar-refractivity contribution is 7.90. The molecular formula is C16H25N5O2S. The van der Waals surface area contributed by atoms with Crippen LogP contribution < -0.4 is 4.57 Å². The van der Waals surface area contributed by atoms with Gasteiger partial charge in [-0.3, -0.25) is 5.22 Å². The minimum absolute atomic E-state index is 0.204. The smallest absolute Gasteiger partial charge is 0.261 e. The maximum absolute atomic E-state index is 11.2. The molecule has 0 spiro atoms. The minimum Gasteiger partial charge on any atom is -0.366 e. The van der Waals surface area contributed by atoms with Gasteiger partial charge in [0.05, 0.1) is 26.0 Å². The average molecular weight is 351 g/mol. The molecule has 0 aliphatic carbocycles. The third-order valence-electron chi connectivity index (χ3n) is 3.88. The molecular weight excluding hydrogens is 326 g/mol. The molecule has 2 aromatic rings. The quantitative estimate of drug-likeness (QED) is 0.471. The Bertz CT molecular complexity index is 823. The van der Waals surface area contributed by atoms with Gasteiger partial charge in [0.25, 0.3) is 5.82 Å². The Balaban J connectivity index is 2.45. The molecule has 0 saturated carbocycles. The van der Waals surface area contributed by atoms with E-state index in [4.69, 9.17) is 0 Å². The number of para-hydroxylation sites is 2. The van der Waals surface area contributed by atoms with Crippen molar-refractivity contribution in [1.29, 1.82) is 0 Å². The molecule has 0 fully saturated rings. The van der Waals surface area contributed by atoms with Crippen LogP contribution in [-0.2, 0) is 23.9 Å². The van der Waals surface area contributed by atoms with Crippen molar-refractivity contribution in [3.63, 3.8) is 0 Å². The molecule has 7 nitrogen and oxygen atoms in total. The highest BCUT2D eigenvalue weighted by Gasteiger charge is 2.33. The Morgan fingerprint density at radius 3 is 2.46 bits per heavy atom. The van der Waals surface area contributed by atoms with Gasteiger partial charge in [-0.1, -0.05) is 32.9 Å². The zero-order valence-corrected chi connectivity index (χ0v) is 15.9. The normalized spacial score (nSPS) is 14.4. The molecule has 8 heteroatoms. The van der Waals surface area contributed by atoms with Crippen LogP contribution in [0.5, 0.6) is 0 Å². The molecule has 2 rings (SSSR count). The fourth-order valence-electron chi connectivity index (χ4n) is 2.70. The summed E-state index contributed by atoms with van der Waals surface area (Å²) in [6.07, 6.45) is 1.12. The van der Waals surface area contributed by atoms with Crippen LogP contribution in [0.4, 0.5) is 0 Å². The first-order valence-electron chi connectivity index (χ1n) is 7.70. The summed E-state index contributed by atoms with van der Waals surface area (Å²) in [5, 5.41) is 8.13. The van der Waals surface area contributed by atoms with Gasteiger partial charge in [-0.25, -0.2) is 17.6 Å². The number of aromatic nitrogens is 2. The molecule has 0 bridgehead atoms. The molecule has 0 radical (unpaired) electrons. The molecule has 1 atom stereocenters. The van der Waals surface area contributed by atoms with E-state index >= 15 is 0 Å². The highest BCUT2D eigenvalue weighted by atomic mass is 32.2. The lowest BCUT2D eigenvalue weighted by Crippen LogP contribution is -2.37. The van der Waals surface area contributed by atoms with Crippen LogP contribution in [0.25, 0.3) is 16.5 Å². The van der Waals surface area contributed by atoms with Gasteiger partial charge in [-0.15, -0.1) is 0 Å². The second-order valence-corrected chi connectivity index (χ2v) is 9.24. The first-order chi connectivity index (χ1) is 11.0. The second-order valence-electron chi connectivity index (χ2n) is 7.13. The van der Waals surface area contributed by atoms with Crippen molar-refractivity contribution in [3.05, 3.63) is 35.5 Å². The zero-order valence-electron chi connectivity index (χ0n) is 15.1. The summed E-state index contributed by atoms with van der Waals surface area (Å²) < 4.78 is 26.5. The van der Waals surface area contributed by atoms with Gasteiger partial charge >= 0.3 is 0 Å². The lowest BCUT2D eigenvalue weighted by Gasteiger charge is -2.29. The van der Waals surface area contributed by atoms with Crippen molar-refractivity contribution in [1.82, 2.24) is 4.57 Å². The summed E-state index contributed by atoms with van der Waals surface area (Å²) in [5.41, 5.74) is 5.69. The molecule has 0 N–H and O–H groups in total. The van der Waals surface area contributed by atoms with Crippen molar-refractivity contribution in [2.24, 2.45) is 29.8 Å². The van der Waals surface area contributed by atoms with E-state index in [0.717, 1.165) is 23.1 Å². The first-order valence-corrected chi connectivity index (χ1v) is 9.76. The number of fused-ring (bicyclic) bond motifs is 1. The number of rotatable bonds is 5. The van der Waals surface area contributed by atoms with Crippen molar-refractivity contribution in [3.8, 4) is 0 Å². The van der Waals surface area contributed by atoms with Crippen LogP contribution in [0.2, 0.25) is 0 Å². The third kappa shape index (κ3) is 3.92. The van der Waals surface area contributed by atoms with Crippen LogP contribution in [0.1, 0.15) is 32.6 Å². The zero-order chi connectivity index (χ0) is 18.1. The fourth-order valence-corrected chi connectivity index (χ4v) is 2.96. The Kier molecular flexibility index (Phi) is 4.98. The summed E-state index contributed by atoms with van der Waals surface area (Å²) in [4.78, 5) is 0. The number of hydrogen-bond acceptors (Lipinski definition) is 4. The number of imidazole rings is 1. The highest BCUT2D eigenvalue weighted by Crippen LogP contribution is 2.36. The van der Waals surface area contributed by atoms with Crippen molar-refractivity contribution in [2.75, 3.05) is 12.1 Å². The van der Waals surface area contributed by atoms with E-state index in [-0.39, 0.29) is 17.3 Å². The molecule has 0 amide bonds. The number of aryl methyl sites for hydroxylation is 2. The molecule has 0 aliphatic rings. The van der Waals surface area contributed by atoms with E-state index < -0.39 is 9.84 Å². The van der Waals surface area contributed by atoms with Crippen LogP contribution >= 0.6 is 0 Å². The Hall–Kier alpha value is -1.96. The van der Waals surface area contributed by atoms with Gasteiger partial charge < -0.3 is 10.5 Å². The predicted molar refractivity (Wildman–Crippen MR) is 94.2 cm³/mol. The van der Waals surface area contributed by atoms with Crippen LogP contribution in [0.15, 0.2) is 34.6 Å². The van der Waals surface area contributed by atoms with E-state index in [1.165, 1.54) is 0 Å². The van der Waals surface area contributed by atoms with Crippen molar-refractivity contribution in [2.45, 2.75) is 26.8 Å². The van der Waals surface area contributed by atoms with Gasteiger partial charge in [-0.05, 0) is 17.5 Å². The molecule has 132 valence electrons. The summed E-state index contributed by atoms with van der Waals surface area (Å²) in [5.74, 6) is 0.635. The standard InChI is InChI=1S/C16H25N5O2S/c1-16(2,3)14(18-19-17-11-24(6,22)23)15-20(4)12-9-7-8-10-13(12)21(15)5/h7-10,14H,11H2,1-6H3. The Labute approximate surface area is 143 Å². The maximum Gasteiger partial charge on any atom is 0.261 e. The van der Waals surface area contributed by atoms with E-state index in [0.29, 0.717) is 0 Å². The maximum atomic E-state index is 11.2. The summed E-state index contributed by atoms with van der Waals surface area (Å²) in [7, 11) is 0.809. The Morgan fingerprint density at radius 2 is 1.92 bits per heavy atom. The van der Waals surface area contributed by atoms with E-state index in [1.54, 1.807) is 0 Å².